The molecule has 3 nitrogen and oxygen atoms in total. The second-order valence-corrected chi connectivity index (χ2v) is 5.14. The Morgan fingerprint density at radius 2 is 1.95 bits per heavy atom. The molecule has 0 saturated heterocycles. The van der Waals surface area contributed by atoms with Gasteiger partial charge in [-0.05, 0) is 50.7 Å². The number of nitrogens with zero attached hydrogens (tertiary/aromatic N) is 1. The first-order valence-corrected chi connectivity index (χ1v) is 6.77. The molecule has 0 spiro atoms. The van der Waals surface area contributed by atoms with Crippen molar-refractivity contribution in [1.29, 1.82) is 0 Å². The van der Waals surface area contributed by atoms with E-state index in [4.69, 9.17) is 4.42 Å². The zero-order chi connectivity index (χ0) is 14.1. The Balaban J connectivity index is 2.04. The molecule has 1 aromatic carbocycles. The fourth-order valence-electron chi connectivity index (χ4n) is 2.45. The minimum atomic E-state index is 0.0239. The average molecular weight is 266 g/mol. The van der Waals surface area contributed by atoms with Crippen molar-refractivity contribution in [3.05, 3.63) is 65.2 Å². The zero-order valence-corrected chi connectivity index (χ0v) is 12.0. The normalized spacial score (nSPS) is 12.8. The largest absolute Gasteiger partial charge is 0.459 e. The van der Waals surface area contributed by atoms with Gasteiger partial charge in [-0.15, -0.1) is 0 Å². The summed E-state index contributed by atoms with van der Waals surface area (Å²) in [5, 5.41) is 4.44. The first kappa shape index (κ1) is 12.9. The van der Waals surface area contributed by atoms with Crippen LogP contribution in [0.2, 0.25) is 0 Å². The van der Waals surface area contributed by atoms with Crippen LogP contribution in [0.5, 0.6) is 0 Å². The highest BCUT2D eigenvalue weighted by Crippen LogP contribution is 2.28. The van der Waals surface area contributed by atoms with Crippen LogP contribution in [-0.2, 0) is 0 Å². The Kier molecular flexibility index (Phi) is 3.28. The lowest BCUT2D eigenvalue weighted by Gasteiger charge is -2.13. The van der Waals surface area contributed by atoms with Crippen molar-refractivity contribution in [2.45, 2.75) is 19.9 Å². The minimum Gasteiger partial charge on any atom is -0.459 e. The summed E-state index contributed by atoms with van der Waals surface area (Å²) < 4.78 is 5.97. The van der Waals surface area contributed by atoms with Gasteiger partial charge in [0.15, 0.2) is 0 Å². The Hall–Kier alpha value is -2.13. The molecule has 0 saturated carbocycles. The number of hydrogen-bond donors (Lipinski definition) is 1. The molecule has 0 aliphatic heterocycles. The van der Waals surface area contributed by atoms with Crippen LogP contribution in [0.15, 0.2) is 47.0 Å². The highest BCUT2D eigenvalue weighted by atomic mass is 16.3. The fourth-order valence-corrected chi connectivity index (χ4v) is 2.45. The third-order valence-electron chi connectivity index (χ3n) is 3.53. The number of rotatable bonds is 3. The summed E-state index contributed by atoms with van der Waals surface area (Å²) in [4.78, 5) is 4.36. The summed E-state index contributed by atoms with van der Waals surface area (Å²) in [6, 6.07) is 12.5. The van der Waals surface area contributed by atoms with Crippen LogP contribution >= 0.6 is 0 Å². The van der Waals surface area contributed by atoms with Gasteiger partial charge in [-0.2, -0.15) is 0 Å². The molecule has 0 amide bonds. The van der Waals surface area contributed by atoms with Crippen molar-refractivity contribution < 1.29 is 4.42 Å². The third kappa shape index (κ3) is 2.32. The Bertz CT molecular complexity index is 728. The van der Waals surface area contributed by atoms with Gasteiger partial charge in [0.2, 0.25) is 0 Å². The topological polar surface area (TPSA) is 38.1 Å². The standard InChI is InChI=1S/C17H18N2O/c1-11-4-7-15-14(8-11)9-16(20-15)17(18-3)13-6-5-12(2)19-10-13/h4-10,17-18H,1-3H3. The molecular formula is C17H18N2O. The number of aryl methyl sites for hydroxylation is 2. The van der Waals surface area contributed by atoms with E-state index in [-0.39, 0.29) is 6.04 Å². The second-order valence-electron chi connectivity index (χ2n) is 5.14. The SMILES string of the molecule is CNC(c1ccc(C)nc1)c1cc2cc(C)ccc2o1. The van der Waals surface area contributed by atoms with E-state index in [0.29, 0.717) is 0 Å². The summed E-state index contributed by atoms with van der Waals surface area (Å²) in [7, 11) is 1.93. The van der Waals surface area contributed by atoms with Gasteiger partial charge in [0.25, 0.3) is 0 Å². The van der Waals surface area contributed by atoms with E-state index in [1.165, 1.54) is 5.56 Å². The van der Waals surface area contributed by atoms with Gasteiger partial charge >= 0.3 is 0 Å². The number of fused-ring (bicyclic) bond motifs is 1. The monoisotopic (exact) mass is 266 g/mol. The van der Waals surface area contributed by atoms with Crippen LogP contribution in [0.1, 0.15) is 28.6 Å². The molecule has 102 valence electrons. The molecule has 0 bridgehead atoms. The summed E-state index contributed by atoms with van der Waals surface area (Å²) in [6.07, 6.45) is 1.90. The number of nitrogens with one attached hydrogen (secondary N) is 1. The van der Waals surface area contributed by atoms with Crippen molar-refractivity contribution >= 4 is 11.0 Å². The van der Waals surface area contributed by atoms with Gasteiger partial charge in [0.1, 0.15) is 11.3 Å². The maximum atomic E-state index is 5.97. The summed E-state index contributed by atoms with van der Waals surface area (Å²) in [5.74, 6) is 0.916. The van der Waals surface area contributed by atoms with Gasteiger partial charge < -0.3 is 9.73 Å². The van der Waals surface area contributed by atoms with Crippen LogP contribution in [0.3, 0.4) is 0 Å². The van der Waals surface area contributed by atoms with Gasteiger partial charge in [-0.3, -0.25) is 4.98 Å². The van der Waals surface area contributed by atoms with E-state index < -0.39 is 0 Å². The average Bonchev–Trinajstić information content (AvgIpc) is 2.84. The molecular weight excluding hydrogens is 248 g/mol. The van der Waals surface area contributed by atoms with E-state index >= 15 is 0 Å². The van der Waals surface area contributed by atoms with Crippen LogP contribution in [0.25, 0.3) is 11.0 Å². The van der Waals surface area contributed by atoms with E-state index in [9.17, 15) is 0 Å². The number of aromatic nitrogens is 1. The molecule has 0 aliphatic carbocycles. The maximum absolute atomic E-state index is 5.97. The van der Waals surface area contributed by atoms with Crippen molar-refractivity contribution in [2.75, 3.05) is 7.05 Å². The fraction of sp³-hybridized carbons (Fsp3) is 0.235. The lowest BCUT2D eigenvalue weighted by atomic mass is 10.1. The zero-order valence-electron chi connectivity index (χ0n) is 12.0. The first-order chi connectivity index (χ1) is 9.67. The lowest BCUT2D eigenvalue weighted by molar-refractivity contribution is 0.491. The van der Waals surface area contributed by atoms with Gasteiger partial charge in [-0.25, -0.2) is 0 Å². The highest BCUT2D eigenvalue weighted by Gasteiger charge is 2.17. The van der Waals surface area contributed by atoms with Gasteiger partial charge in [-0.1, -0.05) is 17.7 Å². The predicted molar refractivity (Wildman–Crippen MR) is 80.8 cm³/mol. The van der Waals surface area contributed by atoms with Gasteiger partial charge in [0.05, 0.1) is 6.04 Å². The minimum absolute atomic E-state index is 0.0239. The predicted octanol–water partition coefficient (Wildman–Crippen LogP) is 3.75. The summed E-state index contributed by atoms with van der Waals surface area (Å²) in [6.45, 7) is 4.08. The van der Waals surface area contributed by atoms with Crippen molar-refractivity contribution in [3.8, 4) is 0 Å². The van der Waals surface area contributed by atoms with Crippen LogP contribution in [-0.4, -0.2) is 12.0 Å². The van der Waals surface area contributed by atoms with Crippen LogP contribution in [0, 0.1) is 13.8 Å². The van der Waals surface area contributed by atoms with Crippen LogP contribution in [0.4, 0.5) is 0 Å². The molecule has 0 radical (unpaired) electrons. The molecule has 3 heteroatoms. The van der Waals surface area contributed by atoms with E-state index in [1.807, 2.05) is 32.3 Å². The van der Waals surface area contributed by atoms with E-state index in [2.05, 4.69) is 41.5 Å². The van der Waals surface area contributed by atoms with Crippen LogP contribution < -0.4 is 5.32 Å². The molecule has 0 aliphatic rings. The number of pyridine rings is 1. The lowest BCUT2D eigenvalue weighted by Crippen LogP contribution is -2.17. The van der Waals surface area contributed by atoms with Crippen molar-refractivity contribution in [1.82, 2.24) is 10.3 Å². The van der Waals surface area contributed by atoms with E-state index in [1.54, 1.807) is 0 Å². The van der Waals surface area contributed by atoms with Gasteiger partial charge in [0, 0.05) is 17.3 Å². The molecule has 1 N–H and O–H groups in total. The second kappa shape index (κ2) is 5.10. The molecule has 1 unspecified atom stereocenters. The molecule has 2 heterocycles. The van der Waals surface area contributed by atoms with Crippen molar-refractivity contribution in [3.63, 3.8) is 0 Å². The molecule has 3 rings (SSSR count). The smallest absolute Gasteiger partial charge is 0.134 e. The Labute approximate surface area is 118 Å². The summed E-state index contributed by atoms with van der Waals surface area (Å²) in [5.41, 5.74) is 4.28. The Morgan fingerprint density at radius 3 is 2.65 bits per heavy atom. The summed E-state index contributed by atoms with van der Waals surface area (Å²) >= 11 is 0. The third-order valence-corrected chi connectivity index (χ3v) is 3.53. The number of hydrogen-bond acceptors (Lipinski definition) is 3. The number of benzene rings is 1. The first-order valence-electron chi connectivity index (χ1n) is 6.77. The number of furan rings is 1. The quantitative estimate of drug-likeness (QED) is 0.784. The molecule has 1 atom stereocenters. The maximum Gasteiger partial charge on any atom is 0.134 e. The van der Waals surface area contributed by atoms with E-state index in [0.717, 1.165) is 28.0 Å². The molecule has 3 aromatic rings. The van der Waals surface area contributed by atoms with Crippen molar-refractivity contribution in [2.24, 2.45) is 0 Å². The molecule has 20 heavy (non-hydrogen) atoms. The highest BCUT2D eigenvalue weighted by molar-refractivity contribution is 5.78. The molecule has 0 fully saturated rings. The Morgan fingerprint density at radius 1 is 1.10 bits per heavy atom. The molecule has 2 aromatic heterocycles.